The molecule has 2 N–H and O–H groups in total. The molecule has 154 valence electrons. The van der Waals surface area contributed by atoms with Crippen LogP contribution in [0.2, 0.25) is 0 Å². The van der Waals surface area contributed by atoms with Gasteiger partial charge in [0.2, 0.25) is 0 Å². The first kappa shape index (κ1) is 19.5. The molecule has 3 heterocycles. The highest BCUT2D eigenvalue weighted by Crippen LogP contribution is 2.34. The average Bonchev–Trinajstić information content (AvgIpc) is 2.75. The number of benzene rings is 1. The van der Waals surface area contributed by atoms with Crippen molar-refractivity contribution in [3.8, 4) is 11.5 Å². The van der Waals surface area contributed by atoms with Crippen molar-refractivity contribution in [1.29, 1.82) is 0 Å². The van der Waals surface area contributed by atoms with Crippen molar-refractivity contribution >= 4 is 6.03 Å². The minimum Gasteiger partial charge on any atom is -0.493 e. The van der Waals surface area contributed by atoms with Gasteiger partial charge in [0.15, 0.2) is 11.5 Å². The van der Waals surface area contributed by atoms with Gasteiger partial charge in [0.05, 0.1) is 13.2 Å². The standard InChI is InChI=1S/C22H28N4O3/c1-28-20-4-2-3-17-13-19(15-29-21(17)20)25-22(27)24-18-7-11-26(12-8-18)14-16-5-9-23-10-6-16/h2-6,9-10,18-19H,7-8,11-15H2,1H3,(H2,24,25,27). The summed E-state index contributed by atoms with van der Waals surface area (Å²) in [4.78, 5) is 18.9. The van der Waals surface area contributed by atoms with Gasteiger partial charge in [-0.15, -0.1) is 0 Å². The summed E-state index contributed by atoms with van der Waals surface area (Å²) in [7, 11) is 1.64. The Hall–Kier alpha value is -2.80. The first-order chi connectivity index (χ1) is 14.2. The zero-order chi connectivity index (χ0) is 20.1. The number of urea groups is 1. The van der Waals surface area contributed by atoms with Crippen LogP contribution in [0.5, 0.6) is 11.5 Å². The molecular formula is C22H28N4O3. The number of hydrogen-bond acceptors (Lipinski definition) is 5. The highest BCUT2D eigenvalue weighted by atomic mass is 16.5. The van der Waals surface area contributed by atoms with Gasteiger partial charge in [-0.05, 0) is 43.0 Å². The summed E-state index contributed by atoms with van der Waals surface area (Å²) >= 11 is 0. The zero-order valence-corrected chi connectivity index (χ0v) is 16.8. The molecule has 0 aliphatic carbocycles. The molecule has 1 aromatic carbocycles. The Morgan fingerprint density at radius 1 is 1.17 bits per heavy atom. The lowest BCUT2D eigenvalue weighted by Crippen LogP contribution is -2.52. The number of piperidine rings is 1. The Morgan fingerprint density at radius 3 is 2.69 bits per heavy atom. The Kier molecular flexibility index (Phi) is 6.14. The maximum Gasteiger partial charge on any atom is 0.315 e. The lowest BCUT2D eigenvalue weighted by molar-refractivity contribution is 0.181. The number of likely N-dealkylation sites (tertiary alicyclic amines) is 1. The molecule has 2 aromatic rings. The summed E-state index contributed by atoms with van der Waals surface area (Å²) in [5.74, 6) is 1.53. The predicted molar refractivity (Wildman–Crippen MR) is 110 cm³/mol. The van der Waals surface area contributed by atoms with Gasteiger partial charge < -0.3 is 20.1 Å². The molecule has 1 fully saturated rings. The van der Waals surface area contributed by atoms with Gasteiger partial charge in [-0.1, -0.05) is 12.1 Å². The van der Waals surface area contributed by atoms with Crippen LogP contribution in [0.25, 0.3) is 0 Å². The molecule has 0 radical (unpaired) electrons. The SMILES string of the molecule is COc1cccc2c1OCC(NC(=O)NC1CCN(Cc3ccncc3)CC1)C2. The summed E-state index contributed by atoms with van der Waals surface area (Å²) in [5, 5.41) is 6.19. The van der Waals surface area contributed by atoms with Crippen molar-refractivity contribution in [3.05, 3.63) is 53.9 Å². The smallest absolute Gasteiger partial charge is 0.315 e. The highest BCUT2D eigenvalue weighted by Gasteiger charge is 2.25. The third kappa shape index (κ3) is 4.98. The van der Waals surface area contributed by atoms with Crippen molar-refractivity contribution in [3.63, 3.8) is 0 Å². The number of carbonyl (C=O) groups excluding carboxylic acids is 1. The maximum absolute atomic E-state index is 12.5. The third-order valence-corrected chi connectivity index (χ3v) is 5.59. The second-order valence-electron chi connectivity index (χ2n) is 7.68. The van der Waals surface area contributed by atoms with Crippen molar-refractivity contribution in [2.24, 2.45) is 0 Å². The van der Waals surface area contributed by atoms with Crippen LogP contribution in [-0.2, 0) is 13.0 Å². The number of nitrogens with one attached hydrogen (secondary N) is 2. The van der Waals surface area contributed by atoms with E-state index in [2.05, 4.69) is 32.7 Å². The molecule has 2 aliphatic rings. The number of methoxy groups -OCH3 is 1. The van der Waals surface area contributed by atoms with Gasteiger partial charge in [0.1, 0.15) is 6.61 Å². The number of hydrogen-bond donors (Lipinski definition) is 2. The molecule has 7 heteroatoms. The average molecular weight is 396 g/mol. The molecule has 0 spiro atoms. The normalized spacial score (nSPS) is 19.7. The van der Waals surface area contributed by atoms with Gasteiger partial charge in [-0.25, -0.2) is 4.79 Å². The zero-order valence-electron chi connectivity index (χ0n) is 16.8. The van der Waals surface area contributed by atoms with Crippen LogP contribution in [0.15, 0.2) is 42.7 Å². The molecule has 1 saturated heterocycles. The summed E-state index contributed by atoms with van der Waals surface area (Å²) in [6.07, 6.45) is 6.32. The lowest BCUT2D eigenvalue weighted by atomic mass is 10.0. The minimum atomic E-state index is -0.113. The van der Waals surface area contributed by atoms with Crippen molar-refractivity contribution in [2.45, 2.75) is 37.9 Å². The fourth-order valence-corrected chi connectivity index (χ4v) is 4.04. The number of carbonyl (C=O) groups is 1. The second kappa shape index (κ2) is 9.13. The lowest BCUT2D eigenvalue weighted by Gasteiger charge is -2.33. The molecular weight excluding hydrogens is 368 g/mol. The number of rotatable bonds is 5. The van der Waals surface area contributed by atoms with E-state index in [9.17, 15) is 4.79 Å². The van der Waals surface area contributed by atoms with E-state index in [1.54, 1.807) is 7.11 Å². The first-order valence-electron chi connectivity index (χ1n) is 10.2. The molecule has 1 aromatic heterocycles. The molecule has 2 aliphatic heterocycles. The van der Waals surface area contributed by atoms with Crippen LogP contribution >= 0.6 is 0 Å². The van der Waals surface area contributed by atoms with E-state index >= 15 is 0 Å². The molecule has 7 nitrogen and oxygen atoms in total. The Labute approximate surface area is 171 Å². The van der Waals surface area contributed by atoms with Crippen LogP contribution in [0, 0.1) is 0 Å². The van der Waals surface area contributed by atoms with Crippen molar-refractivity contribution < 1.29 is 14.3 Å². The second-order valence-corrected chi connectivity index (χ2v) is 7.68. The number of nitrogens with zero attached hydrogens (tertiary/aromatic N) is 2. The predicted octanol–water partition coefficient (Wildman–Crippen LogP) is 2.36. The largest absolute Gasteiger partial charge is 0.493 e. The number of fused-ring (bicyclic) bond motifs is 1. The van der Waals surface area contributed by atoms with E-state index < -0.39 is 0 Å². The molecule has 0 bridgehead atoms. The number of aromatic nitrogens is 1. The van der Waals surface area contributed by atoms with E-state index in [4.69, 9.17) is 9.47 Å². The van der Waals surface area contributed by atoms with Crippen LogP contribution in [-0.4, -0.2) is 54.8 Å². The van der Waals surface area contributed by atoms with E-state index in [-0.39, 0.29) is 18.1 Å². The highest BCUT2D eigenvalue weighted by molar-refractivity contribution is 5.74. The third-order valence-electron chi connectivity index (χ3n) is 5.59. The number of amides is 2. The van der Waals surface area contributed by atoms with E-state index in [1.165, 1.54) is 5.56 Å². The van der Waals surface area contributed by atoms with Gasteiger partial charge in [0.25, 0.3) is 0 Å². The Balaban J connectivity index is 1.22. The topological polar surface area (TPSA) is 75.7 Å². The fourth-order valence-electron chi connectivity index (χ4n) is 4.04. The summed E-state index contributed by atoms with van der Waals surface area (Å²) in [6, 6.07) is 10.0. The van der Waals surface area contributed by atoms with Crippen LogP contribution in [0.1, 0.15) is 24.0 Å². The number of para-hydroxylation sites is 1. The minimum absolute atomic E-state index is 0.0404. The van der Waals surface area contributed by atoms with E-state index in [0.717, 1.165) is 56.0 Å². The van der Waals surface area contributed by atoms with Gasteiger partial charge in [0, 0.05) is 43.6 Å². The van der Waals surface area contributed by atoms with E-state index in [1.807, 2.05) is 30.6 Å². The van der Waals surface area contributed by atoms with Gasteiger partial charge in [-0.2, -0.15) is 0 Å². The van der Waals surface area contributed by atoms with Crippen LogP contribution in [0.3, 0.4) is 0 Å². The molecule has 29 heavy (non-hydrogen) atoms. The molecule has 4 rings (SSSR count). The summed E-state index contributed by atoms with van der Waals surface area (Å²) in [5.41, 5.74) is 2.34. The van der Waals surface area contributed by atoms with Gasteiger partial charge in [-0.3, -0.25) is 9.88 Å². The molecule has 1 unspecified atom stereocenters. The quantitative estimate of drug-likeness (QED) is 0.812. The number of pyridine rings is 1. The van der Waals surface area contributed by atoms with Crippen LogP contribution in [0.4, 0.5) is 4.79 Å². The van der Waals surface area contributed by atoms with E-state index in [0.29, 0.717) is 6.61 Å². The molecule has 0 saturated carbocycles. The fraction of sp³-hybridized carbons (Fsp3) is 0.455. The van der Waals surface area contributed by atoms with Crippen LogP contribution < -0.4 is 20.1 Å². The van der Waals surface area contributed by atoms with Gasteiger partial charge >= 0.3 is 6.03 Å². The Morgan fingerprint density at radius 2 is 1.93 bits per heavy atom. The summed E-state index contributed by atoms with van der Waals surface area (Å²) in [6.45, 7) is 3.34. The summed E-state index contributed by atoms with van der Waals surface area (Å²) < 4.78 is 11.2. The van der Waals surface area contributed by atoms with Crippen molar-refractivity contribution in [1.82, 2.24) is 20.5 Å². The first-order valence-corrected chi connectivity index (χ1v) is 10.2. The molecule has 2 amide bonds. The Bertz CT molecular complexity index is 822. The monoisotopic (exact) mass is 396 g/mol. The number of ether oxygens (including phenoxy) is 2. The molecule has 1 atom stereocenters. The maximum atomic E-state index is 12.5. The van der Waals surface area contributed by atoms with Crippen molar-refractivity contribution in [2.75, 3.05) is 26.8 Å².